The number of hydrogen-bond donors (Lipinski definition) is 0. The molecule has 1 aliphatic carbocycles. The van der Waals surface area contributed by atoms with Crippen molar-refractivity contribution in [3.8, 4) is 0 Å². The molecule has 0 spiro atoms. The van der Waals surface area contributed by atoms with Gasteiger partial charge in [-0.05, 0) is 38.2 Å². The predicted molar refractivity (Wildman–Crippen MR) is 56.6 cm³/mol. The standard InChI is InChI=1S/C12H16O4/c1-2-15-12(14)10-8-6-4-3-5-7-9(8)11(13)16-10/h10H,2-7H2,1H3. The molecule has 1 aliphatic heterocycles. The lowest BCUT2D eigenvalue weighted by molar-refractivity contribution is -0.160. The highest BCUT2D eigenvalue weighted by atomic mass is 16.6. The minimum absolute atomic E-state index is 0.315. The lowest BCUT2D eigenvalue weighted by atomic mass is 10.0. The van der Waals surface area contributed by atoms with Crippen LogP contribution in [0, 0.1) is 0 Å². The van der Waals surface area contributed by atoms with Crippen LogP contribution in [0.2, 0.25) is 0 Å². The van der Waals surface area contributed by atoms with Crippen molar-refractivity contribution in [2.24, 2.45) is 0 Å². The molecule has 0 amide bonds. The Morgan fingerprint density at radius 3 is 2.88 bits per heavy atom. The molecule has 1 atom stereocenters. The van der Waals surface area contributed by atoms with Gasteiger partial charge in [0, 0.05) is 5.57 Å². The van der Waals surface area contributed by atoms with Crippen LogP contribution in [0.5, 0.6) is 0 Å². The molecule has 1 unspecified atom stereocenters. The molecule has 0 radical (unpaired) electrons. The molecule has 4 nitrogen and oxygen atoms in total. The molecule has 0 aromatic rings. The fourth-order valence-corrected chi connectivity index (χ4v) is 2.29. The molecule has 0 saturated heterocycles. The quantitative estimate of drug-likeness (QED) is 0.670. The Balaban J connectivity index is 2.19. The van der Waals surface area contributed by atoms with Crippen LogP contribution in [0.25, 0.3) is 0 Å². The molecule has 2 aliphatic rings. The zero-order valence-corrected chi connectivity index (χ0v) is 9.45. The largest absolute Gasteiger partial charge is 0.463 e. The normalized spacial score (nSPS) is 24.8. The van der Waals surface area contributed by atoms with Crippen LogP contribution in [0.3, 0.4) is 0 Å². The number of cyclic esters (lactones) is 1. The van der Waals surface area contributed by atoms with Gasteiger partial charge in [-0.3, -0.25) is 0 Å². The van der Waals surface area contributed by atoms with Crippen molar-refractivity contribution in [2.45, 2.75) is 45.1 Å². The van der Waals surface area contributed by atoms with Gasteiger partial charge in [-0.25, -0.2) is 9.59 Å². The minimum Gasteiger partial charge on any atom is -0.463 e. The first-order valence-corrected chi connectivity index (χ1v) is 5.83. The average molecular weight is 224 g/mol. The van der Waals surface area contributed by atoms with Crippen LogP contribution >= 0.6 is 0 Å². The predicted octanol–water partition coefficient (Wildman–Crippen LogP) is 1.74. The summed E-state index contributed by atoms with van der Waals surface area (Å²) in [6, 6.07) is 0. The highest BCUT2D eigenvalue weighted by molar-refractivity contribution is 5.97. The van der Waals surface area contributed by atoms with Crippen molar-refractivity contribution in [3.05, 3.63) is 11.1 Å². The summed E-state index contributed by atoms with van der Waals surface area (Å²) in [5.74, 6) is -0.752. The Kier molecular flexibility index (Phi) is 3.27. The van der Waals surface area contributed by atoms with Crippen LogP contribution in [-0.4, -0.2) is 24.6 Å². The number of rotatable bonds is 2. The van der Waals surface area contributed by atoms with E-state index in [1.54, 1.807) is 6.92 Å². The van der Waals surface area contributed by atoms with Crippen LogP contribution in [0.15, 0.2) is 11.1 Å². The minimum atomic E-state index is -0.763. The highest BCUT2D eigenvalue weighted by Crippen LogP contribution is 2.33. The first kappa shape index (κ1) is 11.2. The molecule has 16 heavy (non-hydrogen) atoms. The summed E-state index contributed by atoms with van der Waals surface area (Å²) >= 11 is 0. The Morgan fingerprint density at radius 2 is 2.12 bits per heavy atom. The Hall–Kier alpha value is -1.32. The second-order valence-corrected chi connectivity index (χ2v) is 4.10. The van der Waals surface area contributed by atoms with Crippen molar-refractivity contribution >= 4 is 11.9 Å². The van der Waals surface area contributed by atoms with Gasteiger partial charge in [0.2, 0.25) is 6.10 Å². The molecular formula is C12H16O4. The third kappa shape index (κ3) is 1.96. The number of carbonyl (C=O) groups is 2. The number of hydrogen-bond acceptors (Lipinski definition) is 4. The molecule has 2 rings (SSSR count). The van der Waals surface area contributed by atoms with Crippen LogP contribution < -0.4 is 0 Å². The summed E-state index contributed by atoms with van der Waals surface area (Å²) in [6.07, 6.45) is 3.89. The second kappa shape index (κ2) is 4.68. The summed E-state index contributed by atoms with van der Waals surface area (Å²) in [7, 11) is 0. The van der Waals surface area contributed by atoms with Gasteiger partial charge in [0.05, 0.1) is 6.61 Å². The maximum absolute atomic E-state index is 11.6. The first-order valence-electron chi connectivity index (χ1n) is 5.83. The van der Waals surface area contributed by atoms with Gasteiger partial charge < -0.3 is 9.47 Å². The van der Waals surface area contributed by atoms with Gasteiger partial charge in [-0.1, -0.05) is 6.42 Å². The summed E-state index contributed by atoms with van der Waals surface area (Å²) < 4.78 is 10.0. The smallest absolute Gasteiger partial charge is 0.351 e. The maximum Gasteiger partial charge on any atom is 0.351 e. The molecule has 0 N–H and O–H groups in total. The molecule has 0 bridgehead atoms. The maximum atomic E-state index is 11.6. The molecule has 4 heteroatoms. The van der Waals surface area contributed by atoms with E-state index in [2.05, 4.69) is 0 Å². The lowest BCUT2D eigenvalue weighted by Crippen LogP contribution is -2.26. The van der Waals surface area contributed by atoms with Gasteiger partial charge >= 0.3 is 11.9 Å². The summed E-state index contributed by atoms with van der Waals surface area (Å²) in [6.45, 7) is 2.06. The van der Waals surface area contributed by atoms with Crippen molar-refractivity contribution < 1.29 is 19.1 Å². The third-order valence-corrected chi connectivity index (χ3v) is 3.05. The van der Waals surface area contributed by atoms with Gasteiger partial charge in [0.15, 0.2) is 0 Å². The van der Waals surface area contributed by atoms with Crippen molar-refractivity contribution in [1.29, 1.82) is 0 Å². The fourth-order valence-electron chi connectivity index (χ4n) is 2.29. The average Bonchev–Trinajstić information content (AvgIpc) is 2.47. The van der Waals surface area contributed by atoms with Gasteiger partial charge in [-0.2, -0.15) is 0 Å². The van der Waals surface area contributed by atoms with E-state index in [0.29, 0.717) is 6.61 Å². The third-order valence-electron chi connectivity index (χ3n) is 3.05. The molecule has 0 saturated carbocycles. The number of esters is 2. The zero-order chi connectivity index (χ0) is 11.5. The highest BCUT2D eigenvalue weighted by Gasteiger charge is 2.39. The summed E-state index contributed by atoms with van der Waals surface area (Å²) in [4.78, 5) is 23.2. The topological polar surface area (TPSA) is 52.6 Å². The van der Waals surface area contributed by atoms with Crippen LogP contribution in [0.4, 0.5) is 0 Å². The molecule has 1 heterocycles. The van der Waals surface area contributed by atoms with E-state index in [-0.39, 0.29) is 5.97 Å². The molecule has 0 aromatic heterocycles. The summed E-state index contributed by atoms with van der Waals surface area (Å²) in [5.41, 5.74) is 1.58. The van der Waals surface area contributed by atoms with E-state index < -0.39 is 12.1 Å². The second-order valence-electron chi connectivity index (χ2n) is 4.10. The van der Waals surface area contributed by atoms with Gasteiger partial charge in [0.1, 0.15) is 0 Å². The van der Waals surface area contributed by atoms with E-state index in [0.717, 1.165) is 43.3 Å². The number of carbonyl (C=O) groups excluding carboxylic acids is 2. The Bertz CT molecular complexity index is 343. The fraction of sp³-hybridized carbons (Fsp3) is 0.667. The van der Waals surface area contributed by atoms with Crippen molar-refractivity contribution in [3.63, 3.8) is 0 Å². The molecule has 88 valence electrons. The van der Waals surface area contributed by atoms with Crippen LogP contribution in [-0.2, 0) is 19.1 Å². The number of ether oxygens (including phenoxy) is 2. The van der Waals surface area contributed by atoms with Crippen LogP contribution in [0.1, 0.15) is 39.0 Å². The van der Waals surface area contributed by atoms with E-state index in [1.165, 1.54) is 0 Å². The van der Waals surface area contributed by atoms with Crippen molar-refractivity contribution in [2.75, 3.05) is 6.61 Å². The van der Waals surface area contributed by atoms with Gasteiger partial charge in [-0.15, -0.1) is 0 Å². The SMILES string of the molecule is CCOC(=O)C1OC(=O)C2=C1CCCCC2. The summed E-state index contributed by atoms with van der Waals surface area (Å²) in [5, 5.41) is 0. The Morgan fingerprint density at radius 1 is 1.38 bits per heavy atom. The van der Waals surface area contributed by atoms with E-state index in [9.17, 15) is 9.59 Å². The van der Waals surface area contributed by atoms with E-state index in [4.69, 9.17) is 9.47 Å². The first-order chi connectivity index (χ1) is 7.74. The van der Waals surface area contributed by atoms with Gasteiger partial charge in [0.25, 0.3) is 0 Å². The van der Waals surface area contributed by atoms with E-state index in [1.807, 2.05) is 0 Å². The van der Waals surface area contributed by atoms with Crippen molar-refractivity contribution in [1.82, 2.24) is 0 Å². The lowest BCUT2D eigenvalue weighted by Gasteiger charge is -2.12. The Labute approximate surface area is 94.6 Å². The molecule has 0 aromatic carbocycles. The molecular weight excluding hydrogens is 208 g/mol. The molecule has 0 fully saturated rings. The van der Waals surface area contributed by atoms with E-state index >= 15 is 0 Å². The monoisotopic (exact) mass is 224 g/mol. The zero-order valence-electron chi connectivity index (χ0n) is 9.45.